The van der Waals surface area contributed by atoms with Crippen LogP contribution in [0.25, 0.3) is 21.6 Å². The topological polar surface area (TPSA) is 130 Å². The molecule has 0 bridgehead atoms. The summed E-state index contributed by atoms with van der Waals surface area (Å²) >= 11 is 1.56. The SMILES string of the molecule is CCCNC(=O)c1ccc(-c2cc3c(cc2C(=O)Nc2ccc(CNC)cc2)-c2sccc2CCO3)c(C(=O)O)n1. The molecule has 1 aliphatic rings. The smallest absolute Gasteiger partial charge is 0.355 e. The summed E-state index contributed by atoms with van der Waals surface area (Å²) in [5.74, 6) is -1.63. The number of ether oxygens (including phenoxy) is 1. The van der Waals surface area contributed by atoms with Gasteiger partial charge in [-0.25, -0.2) is 9.78 Å². The predicted molar refractivity (Wildman–Crippen MR) is 159 cm³/mol. The number of nitrogens with one attached hydrogen (secondary N) is 3. The van der Waals surface area contributed by atoms with Crippen LogP contribution in [0.3, 0.4) is 0 Å². The summed E-state index contributed by atoms with van der Waals surface area (Å²) in [5.41, 5.74) is 4.04. The van der Waals surface area contributed by atoms with Gasteiger partial charge in [0.25, 0.3) is 11.8 Å². The molecular formula is C31H30N4O5S. The number of aromatic nitrogens is 1. The summed E-state index contributed by atoms with van der Waals surface area (Å²) in [5, 5.41) is 20.9. The van der Waals surface area contributed by atoms with Crippen molar-refractivity contribution in [3.8, 4) is 27.3 Å². The molecule has 2 amide bonds. The van der Waals surface area contributed by atoms with Crippen molar-refractivity contribution in [2.24, 2.45) is 0 Å². The third-order valence-corrected chi connectivity index (χ3v) is 7.72. The molecule has 0 spiro atoms. The Morgan fingerprint density at radius 3 is 2.54 bits per heavy atom. The monoisotopic (exact) mass is 570 g/mol. The van der Waals surface area contributed by atoms with Crippen LogP contribution in [0.1, 0.15) is 55.8 Å². The minimum Gasteiger partial charge on any atom is -0.493 e. The van der Waals surface area contributed by atoms with E-state index in [0.29, 0.717) is 43.1 Å². The molecule has 4 aromatic rings. The van der Waals surface area contributed by atoms with Gasteiger partial charge in [0, 0.05) is 52.3 Å². The number of hydrogen-bond acceptors (Lipinski definition) is 7. The molecule has 0 fully saturated rings. The van der Waals surface area contributed by atoms with E-state index in [-0.39, 0.29) is 22.5 Å². The number of thiophene rings is 1. The molecule has 1 aliphatic heterocycles. The van der Waals surface area contributed by atoms with E-state index < -0.39 is 17.8 Å². The summed E-state index contributed by atoms with van der Waals surface area (Å²) < 4.78 is 6.08. The molecule has 3 heterocycles. The highest BCUT2D eigenvalue weighted by molar-refractivity contribution is 7.13. The van der Waals surface area contributed by atoms with Gasteiger partial charge in [0.1, 0.15) is 11.4 Å². The summed E-state index contributed by atoms with van der Waals surface area (Å²) in [6.07, 6.45) is 1.44. The minimum absolute atomic E-state index is 0.0125. The number of amides is 2. The number of aromatic carboxylic acids is 1. The Morgan fingerprint density at radius 1 is 1.00 bits per heavy atom. The number of hydrogen-bond donors (Lipinski definition) is 4. The fraction of sp³-hybridized carbons (Fsp3) is 0.226. The maximum atomic E-state index is 13.8. The Hall–Kier alpha value is -4.54. The van der Waals surface area contributed by atoms with Crippen LogP contribution >= 0.6 is 11.3 Å². The van der Waals surface area contributed by atoms with E-state index in [1.165, 1.54) is 12.1 Å². The van der Waals surface area contributed by atoms with Gasteiger partial charge in [-0.05, 0) is 72.4 Å². The number of carboxylic acids is 1. The van der Waals surface area contributed by atoms with Crippen LogP contribution < -0.4 is 20.7 Å². The highest BCUT2D eigenvalue weighted by Crippen LogP contribution is 2.43. The van der Waals surface area contributed by atoms with Crippen molar-refractivity contribution in [1.29, 1.82) is 0 Å². The van der Waals surface area contributed by atoms with Gasteiger partial charge in [0.05, 0.1) is 6.61 Å². The molecule has 210 valence electrons. The second-order valence-electron chi connectivity index (χ2n) is 9.60. The van der Waals surface area contributed by atoms with Crippen molar-refractivity contribution in [3.63, 3.8) is 0 Å². The molecule has 4 N–H and O–H groups in total. The van der Waals surface area contributed by atoms with Gasteiger partial charge in [-0.1, -0.05) is 19.1 Å². The maximum Gasteiger partial charge on any atom is 0.355 e. The highest BCUT2D eigenvalue weighted by atomic mass is 32.1. The second kappa shape index (κ2) is 12.3. The largest absolute Gasteiger partial charge is 0.493 e. The van der Waals surface area contributed by atoms with Crippen LogP contribution in [-0.2, 0) is 13.0 Å². The molecular weight excluding hydrogens is 540 g/mol. The lowest BCUT2D eigenvalue weighted by atomic mass is 9.93. The minimum atomic E-state index is -1.31. The van der Waals surface area contributed by atoms with E-state index in [9.17, 15) is 19.5 Å². The van der Waals surface area contributed by atoms with E-state index in [1.54, 1.807) is 23.5 Å². The maximum absolute atomic E-state index is 13.8. The molecule has 0 saturated heterocycles. The van der Waals surface area contributed by atoms with Gasteiger partial charge in [0.15, 0.2) is 5.69 Å². The highest BCUT2D eigenvalue weighted by Gasteiger charge is 2.26. The van der Waals surface area contributed by atoms with Crippen LogP contribution in [0.5, 0.6) is 5.75 Å². The number of pyridine rings is 1. The number of carbonyl (C=O) groups excluding carboxylic acids is 2. The zero-order valence-corrected chi connectivity index (χ0v) is 23.6. The Bertz CT molecular complexity index is 1610. The first kappa shape index (κ1) is 28.0. The van der Waals surface area contributed by atoms with Gasteiger partial charge >= 0.3 is 5.97 Å². The number of carbonyl (C=O) groups is 3. The van der Waals surface area contributed by atoms with E-state index in [1.807, 2.05) is 49.7 Å². The van der Waals surface area contributed by atoms with Crippen LogP contribution in [-0.4, -0.2) is 48.1 Å². The fourth-order valence-electron chi connectivity index (χ4n) is 4.73. The Balaban J connectivity index is 1.63. The van der Waals surface area contributed by atoms with E-state index in [0.717, 1.165) is 28.0 Å². The average Bonchev–Trinajstić information content (AvgIpc) is 3.37. The number of benzene rings is 2. The normalized spacial score (nSPS) is 12.0. The molecule has 0 atom stereocenters. The van der Waals surface area contributed by atoms with Crippen molar-refractivity contribution in [1.82, 2.24) is 15.6 Å². The van der Waals surface area contributed by atoms with Crippen molar-refractivity contribution in [3.05, 3.63) is 88.1 Å². The second-order valence-corrected chi connectivity index (χ2v) is 10.5. The molecule has 10 heteroatoms. The molecule has 0 unspecified atom stereocenters. The molecule has 0 aliphatic carbocycles. The van der Waals surface area contributed by atoms with Gasteiger partial charge in [-0.3, -0.25) is 9.59 Å². The Labute approximate surface area is 241 Å². The average molecular weight is 571 g/mol. The molecule has 0 saturated carbocycles. The first-order valence-corrected chi connectivity index (χ1v) is 14.2. The van der Waals surface area contributed by atoms with E-state index in [4.69, 9.17) is 4.74 Å². The van der Waals surface area contributed by atoms with Gasteiger partial charge < -0.3 is 25.8 Å². The quantitative estimate of drug-likeness (QED) is 0.217. The molecule has 2 aromatic heterocycles. The van der Waals surface area contributed by atoms with Crippen LogP contribution in [0.2, 0.25) is 0 Å². The number of nitrogens with zero attached hydrogens (tertiary/aromatic N) is 1. The van der Waals surface area contributed by atoms with Crippen molar-refractivity contribution < 1.29 is 24.2 Å². The third kappa shape index (κ3) is 5.98. The van der Waals surface area contributed by atoms with Crippen molar-refractivity contribution in [2.45, 2.75) is 26.3 Å². The lowest BCUT2D eigenvalue weighted by Crippen LogP contribution is -2.25. The summed E-state index contributed by atoms with van der Waals surface area (Å²) in [4.78, 5) is 43.9. The zero-order valence-electron chi connectivity index (χ0n) is 22.7. The van der Waals surface area contributed by atoms with E-state index in [2.05, 4.69) is 20.9 Å². The summed E-state index contributed by atoms with van der Waals surface area (Å²) in [6, 6.07) is 16.0. The van der Waals surface area contributed by atoms with Gasteiger partial charge in [-0.15, -0.1) is 11.3 Å². The molecule has 9 nitrogen and oxygen atoms in total. The third-order valence-electron chi connectivity index (χ3n) is 6.73. The Morgan fingerprint density at radius 2 is 1.80 bits per heavy atom. The van der Waals surface area contributed by atoms with E-state index >= 15 is 0 Å². The van der Waals surface area contributed by atoms with Crippen LogP contribution in [0.15, 0.2) is 60.0 Å². The molecule has 41 heavy (non-hydrogen) atoms. The zero-order chi connectivity index (χ0) is 28.9. The molecule has 0 radical (unpaired) electrons. The molecule has 2 aromatic carbocycles. The number of fused-ring (bicyclic) bond motifs is 3. The van der Waals surface area contributed by atoms with Crippen LogP contribution in [0.4, 0.5) is 5.69 Å². The lowest BCUT2D eigenvalue weighted by molar-refractivity contribution is 0.0691. The van der Waals surface area contributed by atoms with Crippen LogP contribution in [0, 0.1) is 0 Å². The standard InChI is InChI=1S/C31H30N4O5S/c1-3-12-33-30(37)25-9-8-21(27(35-25)31(38)39)22-16-26-24(28-19(10-13-40-26)11-14-41-28)15-23(22)29(36)34-20-6-4-18(5-7-20)17-32-2/h4-9,11,14-16,32H,3,10,12-13,17H2,1-2H3,(H,33,37)(H,34,36)(H,38,39). The molecule has 5 rings (SSSR count). The lowest BCUT2D eigenvalue weighted by Gasteiger charge is -2.17. The summed E-state index contributed by atoms with van der Waals surface area (Å²) in [6.45, 7) is 3.51. The Kier molecular flexibility index (Phi) is 8.42. The summed E-state index contributed by atoms with van der Waals surface area (Å²) in [7, 11) is 1.86. The number of rotatable bonds is 9. The fourth-order valence-corrected chi connectivity index (χ4v) is 5.71. The van der Waals surface area contributed by atoms with Gasteiger partial charge in [0.2, 0.25) is 0 Å². The van der Waals surface area contributed by atoms with Crippen molar-refractivity contribution >= 4 is 34.8 Å². The number of anilines is 1. The predicted octanol–water partition coefficient (Wildman–Crippen LogP) is 5.22. The number of carboxylic acid groups (broad SMARTS) is 1. The van der Waals surface area contributed by atoms with Gasteiger partial charge in [-0.2, -0.15) is 0 Å². The first-order chi connectivity index (χ1) is 19.9. The first-order valence-electron chi connectivity index (χ1n) is 13.3. The van der Waals surface area contributed by atoms with Crippen molar-refractivity contribution in [2.75, 3.05) is 25.5 Å².